The van der Waals surface area contributed by atoms with Gasteiger partial charge in [-0.05, 0) is 32.0 Å². The third-order valence-electron chi connectivity index (χ3n) is 5.93. The van der Waals surface area contributed by atoms with Crippen LogP contribution in [0.4, 0.5) is 5.69 Å². The molecule has 10 nitrogen and oxygen atoms in total. The lowest BCUT2D eigenvalue weighted by atomic mass is 9.75. The van der Waals surface area contributed by atoms with E-state index in [4.69, 9.17) is 9.47 Å². The van der Waals surface area contributed by atoms with Crippen molar-refractivity contribution in [2.45, 2.75) is 26.3 Å². The highest BCUT2D eigenvalue weighted by Gasteiger charge is 2.44. The van der Waals surface area contributed by atoms with Crippen LogP contribution in [0.1, 0.15) is 30.9 Å². The number of ether oxygens (including phenoxy) is 2. The van der Waals surface area contributed by atoms with Crippen molar-refractivity contribution in [3.63, 3.8) is 0 Å². The van der Waals surface area contributed by atoms with E-state index in [9.17, 15) is 25.0 Å². The topological polar surface area (TPSA) is 135 Å². The minimum Gasteiger partial charge on any atom is -0.465 e. The Hall–Kier alpha value is -4.36. The van der Waals surface area contributed by atoms with Crippen LogP contribution in [-0.2, 0) is 25.6 Å². The highest BCUT2D eigenvalue weighted by molar-refractivity contribution is 6.14. The number of esters is 2. The SMILES string of the molecule is CCOC(=O)C1C(C#N)=NC(C)=C(C(=O)OCCN(C)Cc2ccccc2)C1c1cccc([N+](=O)[O-])c1. The van der Waals surface area contributed by atoms with Crippen LogP contribution in [0.25, 0.3) is 0 Å². The zero-order valence-corrected chi connectivity index (χ0v) is 20.9. The Labute approximate surface area is 215 Å². The lowest BCUT2D eigenvalue weighted by Crippen LogP contribution is -2.37. The van der Waals surface area contributed by atoms with Crippen LogP contribution in [0.2, 0.25) is 0 Å². The first-order valence-electron chi connectivity index (χ1n) is 11.8. The summed E-state index contributed by atoms with van der Waals surface area (Å²) in [4.78, 5) is 43.3. The average molecular weight is 505 g/mol. The molecule has 2 aromatic carbocycles. The molecule has 1 heterocycles. The molecule has 0 spiro atoms. The maximum atomic E-state index is 13.3. The monoisotopic (exact) mass is 504 g/mol. The molecule has 37 heavy (non-hydrogen) atoms. The fourth-order valence-electron chi connectivity index (χ4n) is 4.25. The lowest BCUT2D eigenvalue weighted by molar-refractivity contribution is -0.384. The Balaban J connectivity index is 1.90. The van der Waals surface area contributed by atoms with E-state index in [1.165, 1.54) is 18.2 Å². The summed E-state index contributed by atoms with van der Waals surface area (Å²) in [6, 6.07) is 17.4. The molecular weight excluding hydrogens is 476 g/mol. The Kier molecular flexibility index (Phi) is 9.24. The molecule has 0 fully saturated rings. The Bertz CT molecular complexity index is 1270. The number of nitro groups is 1. The predicted molar refractivity (Wildman–Crippen MR) is 135 cm³/mol. The summed E-state index contributed by atoms with van der Waals surface area (Å²) in [5.74, 6) is -3.75. The second-order valence-corrected chi connectivity index (χ2v) is 8.53. The average Bonchev–Trinajstić information content (AvgIpc) is 2.88. The van der Waals surface area contributed by atoms with Gasteiger partial charge in [0.1, 0.15) is 24.3 Å². The van der Waals surface area contributed by atoms with E-state index in [0.29, 0.717) is 18.7 Å². The number of non-ortho nitro benzene ring substituents is 1. The van der Waals surface area contributed by atoms with Gasteiger partial charge in [-0.25, -0.2) is 9.79 Å². The van der Waals surface area contributed by atoms with Gasteiger partial charge in [-0.3, -0.25) is 19.8 Å². The third kappa shape index (κ3) is 6.65. The number of hydrogen-bond acceptors (Lipinski definition) is 9. The molecule has 3 rings (SSSR count). The molecule has 0 amide bonds. The minimum atomic E-state index is -1.25. The minimum absolute atomic E-state index is 0.0475. The summed E-state index contributed by atoms with van der Waals surface area (Å²) >= 11 is 0. The standard InChI is InChI=1S/C27H28N4O6/c1-4-36-27(33)25-22(16-28)29-18(2)23(24(25)20-11-8-12-21(15-20)31(34)35)26(32)37-14-13-30(3)17-19-9-6-5-7-10-19/h5-12,15,24-25H,4,13-14,17H2,1-3H3. The van der Waals surface area contributed by atoms with Crippen molar-refractivity contribution < 1.29 is 24.0 Å². The molecule has 0 radical (unpaired) electrons. The van der Waals surface area contributed by atoms with E-state index in [2.05, 4.69) is 4.99 Å². The number of hydrogen-bond donors (Lipinski definition) is 0. The van der Waals surface area contributed by atoms with Crippen molar-refractivity contribution in [1.29, 1.82) is 5.26 Å². The van der Waals surface area contributed by atoms with Crippen molar-refractivity contribution >= 4 is 23.3 Å². The maximum Gasteiger partial charge on any atom is 0.336 e. The van der Waals surface area contributed by atoms with Gasteiger partial charge in [0, 0.05) is 36.8 Å². The molecule has 192 valence electrons. The highest BCUT2D eigenvalue weighted by atomic mass is 16.6. The number of nitro benzene ring substituents is 1. The van der Waals surface area contributed by atoms with Gasteiger partial charge in [0.25, 0.3) is 5.69 Å². The first-order chi connectivity index (χ1) is 17.8. The smallest absolute Gasteiger partial charge is 0.336 e. The Morgan fingerprint density at radius 1 is 1.16 bits per heavy atom. The van der Waals surface area contributed by atoms with E-state index in [1.807, 2.05) is 48.3 Å². The third-order valence-corrected chi connectivity index (χ3v) is 5.93. The largest absolute Gasteiger partial charge is 0.465 e. The summed E-state index contributed by atoms with van der Waals surface area (Å²) in [6.07, 6.45) is 0. The number of carbonyl (C=O) groups excluding carboxylic acids is 2. The van der Waals surface area contributed by atoms with Gasteiger partial charge in [0.15, 0.2) is 0 Å². The van der Waals surface area contributed by atoms with Crippen molar-refractivity contribution in [2.75, 3.05) is 26.8 Å². The zero-order valence-electron chi connectivity index (χ0n) is 20.9. The van der Waals surface area contributed by atoms with E-state index >= 15 is 0 Å². The van der Waals surface area contributed by atoms with E-state index in [1.54, 1.807) is 19.9 Å². The van der Waals surface area contributed by atoms with Crippen molar-refractivity contribution in [3.05, 3.63) is 87.1 Å². The summed E-state index contributed by atoms with van der Waals surface area (Å²) < 4.78 is 10.8. The number of carbonyl (C=O) groups is 2. The second-order valence-electron chi connectivity index (χ2n) is 8.53. The van der Waals surface area contributed by atoms with Gasteiger partial charge < -0.3 is 9.47 Å². The van der Waals surface area contributed by atoms with Crippen LogP contribution in [0.3, 0.4) is 0 Å². The quantitative estimate of drug-likeness (QED) is 0.271. The van der Waals surface area contributed by atoms with Gasteiger partial charge in [-0.1, -0.05) is 42.5 Å². The van der Waals surface area contributed by atoms with Crippen LogP contribution in [0.5, 0.6) is 0 Å². The highest BCUT2D eigenvalue weighted by Crippen LogP contribution is 2.41. The molecule has 2 unspecified atom stereocenters. The van der Waals surface area contributed by atoms with Crippen LogP contribution >= 0.6 is 0 Å². The van der Waals surface area contributed by atoms with Gasteiger partial charge in [0.2, 0.25) is 0 Å². The lowest BCUT2D eigenvalue weighted by Gasteiger charge is -2.30. The molecule has 0 saturated heterocycles. The van der Waals surface area contributed by atoms with Crippen LogP contribution in [-0.4, -0.2) is 54.3 Å². The van der Waals surface area contributed by atoms with Crippen LogP contribution in [0.15, 0.2) is 70.9 Å². The first-order valence-corrected chi connectivity index (χ1v) is 11.8. The van der Waals surface area contributed by atoms with Gasteiger partial charge >= 0.3 is 11.9 Å². The van der Waals surface area contributed by atoms with Crippen molar-refractivity contribution in [1.82, 2.24) is 4.90 Å². The molecule has 10 heteroatoms. The molecule has 0 saturated carbocycles. The van der Waals surface area contributed by atoms with Crippen molar-refractivity contribution in [3.8, 4) is 6.07 Å². The second kappa shape index (κ2) is 12.6. The maximum absolute atomic E-state index is 13.3. The summed E-state index contributed by atoms with van der Waals surface area (Å²) in [5, 5.41) is 21.1. The number of nitrogens with zero attached hydrogens (tertiary/aromatic N) is 4. The van der Waals surface area contributed by atoms with Gasteiger partial charge in [-0.2, -0.15) is 5.26 Å². The summed E-state index contributed by atoms with van der Waals surface area (Å²) in [7, 11) is 1.90. The summed E-state index contributed by atoms with van der Waals surface area (Å²) in [5.41, 5.74) is 1.34. The fraction of sp³-hybridized carbons (Fsp3) is 0.333. The number of nitriles is 1. The molecular formula is C27H28N4O6. The Morgan fingerprint density at radius 2 is 1.89 bits per heavy atom. The van der Waals surface area contributed by atoms with Crippen LogP contribution in [0, 0.1) is 27.4 Å². The van der Waals surface area contributed by atoms with Gasteiger partial charge in [-0.15, -0.1) is 0 Å². The number of benzene rings is 2. The predicted octanol–water partition coefficient (Wildman–Crippen LogP) is 3.79. The number of allylic oxidation sites excluding steroid dienone is 1. The first kappa shape index (κ1) is 27.2. The number of rotatable bonds is 10. The summed E-state index contributed by atoms with van der Waals surface area (Å²) in [6.45, 7) is 4.39. The molecule has 2 atom stereocenters. The van der Waals surface area contributed by atoms with E-state index in [-0.39, 0.29) is 35.9 Å². The molecule has 1 aliphatic rings. The van der Waals surface area contributed by atoms with Crippen LogP contribution < -0.4 is 0 Å². The van der Waals surface area contributed by atoms with E-state index < -0.39 is 28.7 Å². The molecule has 2 aromatic rings. The molecule has 0 bridgehead atoms. The molecule has 0 aliphatic carbocycles. The number of aliphatic imine (C=N–C) groups is 1. The van der Waals surface area contributed by atoms with E-state index in [0.717, 1.165) is 5.56 Å². The van der Waals surface area contributed by atoms with Crippen molar-refractivity contribution in [2.24, 2.45) is 10.9 Å². The fourth-order valence-corrected chi connectivity index (χ4v) is 4.25. The zero-order chi connectivity index (χ0) is 26.9. The Morgan fingerprint density at radius 3 is 2.54 bits per heavy atom. The normalized spacial score (nSPS) is 17.1. The van der Waals surface area contributed by atoms with Gasteiger partial charge in [0.05, 0.1) is 17.1 Å². The molecule has 0 aromatic heterocycles. The molecule has 1 aliphatic heterocycles. The molecule has 0 N–H and O–H groups in total. The number of likely N-dealkylation sites (N-methyl/N-ethyl adjacent to an activating group) is 1.